The standard InChI is InChI=1S/C19H23NSi.C11H12/c1-14-8-10-17(11-9-14)20-21(3,4)19-7-5-6-16-12-15(2)13-18(16)19;1-8-6-10-5-3-4-9(2)11(10)7-8/h5-12,20H,13H2,1-4H3;3-6H,7H2,1-2H3. The van der Waals surface area contributed by atoms with Crippen molar-refractivity contribution >= 4 is 31.3 Å². The number of nitrogens with one attached hydrogen (secondary N) is 1. The van der Waals surface area contributed by atoms with Crippen LogP contribution < -0.4 is 10.2 Å². The molecule has 0 aliphatic heterocycles. The largest absolute Gasteiger partial charge is 0.407 e. The second-order valence-electron chi connectivity index (χ2n) is 9.97. The molecule has 2 aliphatic rings. The highest BCUT2D eigenvalue weighted by atomic mass is 28.3. The Morgan fingerprint density at radius 1 is 0.656 bits per heavy atom. The highest BCUT2D eigenvalue weighted by Gasteiger charge is 2.29. The second-order valence-corrected chi connectivity index (χ2v) is 14.0. The smallest absolute Gasteiger partial charge is 0.179 e. The van der Waals surface area contributed by atoms with Gasteiger partial charge in [0, 0.05) is 5.69 Å². The van der Waals surface area contributed by atoms with E-state index in [1.807, 2.05) is 0 Å². The highest BCUT2D eigenvalue weighted by Crippen LogP contribution is 2.27. The molecule has 3 aromatic carbocycles. The molecule has 0 bridgehead atoms. The maximum Gasteiger partial charge on any atom is 0.179 e. The van der Waals surface area contributed by atoms with Crippen LogP contribution in [0.25, 0.3) is 12.2 Å². The van der Waals surface area contributed by atoms with Gasteiger partial charge in [0.05, 0.1) is 0 Å². The summed E-state index contributed by atoms with van der Waals surface area (Å²) in [5.41, 5.74) is 12.8. The van der Waals surface area contributed by atoms with Crippen LogP contribution in [0.3, 0.4) is 0 Å². The molecule has 1 N–H and O–H groups in total. The average molecular weight is 438 g/mol. The van der Waals surface area contributed by atoms with E-state index in [4.69, 9.17) is 0 Å². The first kappa shape index (κ1) is 22.4. The summed E-state index contributed by atoms with van der Waals surface area (Å²) in [5.74, 6) is 0. The van der Waals surface area contributed by atoms with Gasteiger partial charge in [0.15, 0.2) is 8.24 Å². The molecule has 0 atom stereocenters. The van der Waals surface area contributed by atoms with Gasteiger partial charge in [-0.2, -0.15) is 0 Å². The molecule has 0 spiro atoms. The van der Waals surface area contributed by atoms with Gasteiger partial charge in [0.2, 0.25) is 0 Å². The number of hydrogen-bond acceptors (Lipinski definition) is 1. The Hall–Kier alpha value is -2.84. The van der Waals surface area contributed by atoms with Crippen LogP contribution in [-0.2, 0) is 12.8 Å². The van der Waals surface area contributed by atoms with E-state index < -0.39 is 8.24 Å². The maximum absolute atomic E-state index is 3.82. The van der Waals surface area contributed by atoms with Gasteiger partial charge < -0.3 is 4.98 Å². The van der Waals surface area contributed by atoms with Crippen molar-refractivity contribution in [1.82, 2.24) is 0 Å². The normalized spacial score (nSPS) is 14.1. The lowest BCUT2D eigenvalue weighted by molar-refractivity contribution is 1.16. The van der Waals surface area contributed by atoms with Gasteiger partial charge in [0.25, 0.3) is 0 Å². The quantitative estimate of drug-likeness (QED) is 0.420. The van der Waals surface area contributed by atoms with Crippen LogP contribution in [0.1, 0.15) is 47.2 Å². The van der Waals surface area contributed by atoms with Gasteiger partial charge in [-0.3, -0.25) is 0 Å². The van der Waals surface area contributed by atoms with Gasteiger partial charge in [-0.05, 0) is 98.8 Å². The highest BCUT2D eigenvalue weighted by molar-refractivity contribution is 6.92. The fraction of sp³-hybridized carbons (Fsp3) is 0.267. The lowest BCUT2D eigenvalue weighted by Gasteiger charge is -2.28. The monoisotopic (exact) mass is 437 g/mol. The van der Waals surface area contributed by atoms with E-state index in [2.05, 4.69) is 119 Å². The van der Waals surface area contributed by atoms with Crippen molar-refractivity contribution in [1.29, 1.82) is 0 Å². The summed E-state index contributed by atoms with van der Waals surface area (Å²) >= 11 is 0. The third kappa shape index (κ3) is 4.81. The molecule has 1 nitrogen and oxygen atoms in total. The molecule has 0 amide bonds. The second kappa shape index (κ2) is 8.95. The van der Waals surface area contributed by atoms with Gasteiger partial charge in [-0.15, -0.1) is 0 Å². The summed E-state index contributed by atoms with van der Waals surface area (Å²) in [6.45, 7) is 13.5. The minimum absolute atomic E-state index is 1.11. The Morgan fingerprint density at radius 2 is 1.22 bits per heavy atom. The Morgan fingerprint density at radius 3 is 1.84 bits per heavy atom. The molecule has 0 aromatic heterocycles. The molecule has 0 heterocycles. The average Bonchev–Trinajstić information content (AvgIpc) is 3.31. The predicted molar refractivity (Wildman–Crippen MR) is 144 cm³/mol. The van der Waals surface area contributed by atoms with Gasteiger partial charge in [0.1, 0.15) is 0 Å². The molecule has 0 saturated heterocycles. The van der Waals surface area contributed by atoms with Crippen LogP contribution in [0.15, 0.2) is 71.8 Å². The number of aryl methyl sites for hydroxylation is 2. The van der Waals surface area contributed by atoms with Crippen LogP contribution in [0, 0.1) is 13.8 Å². The molecule has 32 heavy (non-hydrogen) atoms. The predicted octanol–water partition coefficient (Wildman–Crippen LogP) is 7.43. The Kier molecular flexibility index (Phi) is 6.26. The number of allylic oxidation sites excluding steroid dienone is 2. The molecule has 2 heteroatoms. The van der Waals surface area contributed by atoms with E-state index in [9.17, 15) is 0 Å². The first-order chi connectivity index (χ1) is 15.2. The number of fused-ring (bicyclic) bond motifs is 2. The van der Waals surface area contributed by atoms with Crippen molar-refractivity contribution in [2.45, 2.75) is 53.6 Å². The molecule has 0 fully saturated rings. The summed E-state index contributed by atoms with van der Waals surface area (Å²) in [5, 5.41) is 1.54. The fourth-order valence-corrected chi connectivity index (χ4v) is 7.40. The molecule has 2 aliphatic carbocycles. The number of anilines is 1. The molecular formula is C30H35NSi. The van der Waals surface area contributed by atoms with E-state index in [0.717, 1.165) is 12.8 Å². The summed E-state index contributed by atoms with van der Waals surface area (Å²) in [4.78, 5) is 3.82. The third-order valence-corrected chi connectivity index (χ3v) is 9.28. The molecule has 0 unspecified atom stereocenters. The van der Waals surface area contributed by atoms with Crippen LogP contribution in [-0.4, -0.2) is 8.24 Å². The Bertz CT molecular complexity index is 1200. The number of hydrogen-bond donors (Lipinski definition) is 1. The van der Waals surface area contributed by atoms with Crippen LogP contribution >= 0.6 is 0 Å². The Labute approximate surface area is 195 Å². The van der Waals surface area contributed by atoms with E-state index in [1.165, 1.54) is 55.4 Å². The Balaban J connectivity index is 0.000000186. The summed E-state index contributed by atoms with van der Waals surface area (Å²) < 4.78 is 0. The van der Waals surface area contributed by atoms with Crippen molar-refractivity contribution in [2.24, 2.45) is 0 Å². The first-order valence-electron chi connectivity index (χ1n) is 11.6. The summed E-state index contributed by atoms with van der Waals surface area (Å²) in [7, 11) is -1.71. The zero-order chi connectivity index (χ0) is 22.9. The minimum Gasteiger partial charge on any atom is -0.407 e. The van der Waals surface area contributed by atoms with E-state index in [-0.39, 0.29) is 0 Å². The van der Waals surface area contributed by atoms with E-state index in [1.54, 1.807) is 0 Å². The maximum atomic E-state index is 3.82. The van der Waals surface area contributed by atoms with E-state index >= 15 is 0 Å². The fourth-order valence-electron chi connectivity index (χ4n) is 4.88. The molecule has 164 valence electrons. The van der Waals surface area contributed by atoms with Crippen molar-refractivity contribution in [3.05, 3.63) is 105 Å². The molecular weight excluding hydrogens is 402 g/mol. The topological polar surface area (TPSA) is 12.0 Å². The van der Waals surface area contributed by atoms with Crippen LogP contribution in [0.5, 0.6) is 0 Å². The molecule has 0 saturated carbocycles. The van der Waals surface area contributed by atoms with Crippen LogP contribution in [0.4, 0.5) is 5.69 Å². The van der Waals surface area contributed by atoms with Crippen molar-refractivity contribution < 1.29 is 0 Å². The van der Waals surface area contributed by atoms with Gasteiger partial charge >= 0.3 is 0 Å². The SMILES string of the molecule is CC1=Cc2cccc(C)c2C1.CC1=Cc2cccc([Si](C)(C)Nc3ccc(C)cc3)c2C1. The molecule has 0 radical (unpaired) electrons. The zero-order valence-electron chi connectivity index (χ0n) is 20.3. The molecule has 3 aromatic rings. The van der Waals surface area contributed by atoms with Crippen molar-refractivity contribution in [2.75, 3.05) is 4.98 Å². The van der Waals surface area contributed by atoms with Crippen molar-refractivity contribution in [3.8, 4) is 0 Å². The number of benzene rings is 3. The lowest BCUT2D eigenvalue weighted by Crippen LogP contribution is -2.51. The van der Waals surface area contributed by atoms with E-state index in [0.29, 0.717) is 0 Å². The van der Waals surface area contributed by atoms with Gasteiger partial charge in [-0.1, -0.05) is 77.4 Å². The summed E-state index contributed by atoms with van der Waals surface area (Å²) in [6.07, 6.45) is 6.87. The number of rotatable bonds is 3. The zero-order valence-corrected chi connectivity index (χ0v) is 21.3. The lowest BCUT2D eigenvalue weighted by atomic mass is 10.0. The van der Waals surface area contributed by atoms with Crippen molar-refractivity contribution in [3.63, 3.8) is 0 Å². The van der Waals surface area contributed by atoms with Crippen LogP contribution in [0.2, 0.25) is 13.1 Å². The molecule has 5 rings (SSSR count). The summed E-state index contributed by atoms with van der Waals surface area (Å²) in [6, 6.07) is 22.0. The third-order valence-electron chi connectivity index (χ3n) is 6.56. The van der Waals surface area contributed by atoms with Gasteiger partial charge in [-0.25, -0.2) is 0 Å². The minimum atomic E-state index is -1.71. The first-order valence-corrected chi connectivity index (χ1v) is 14.6.